The first-order valence-corrected chi connectivity index (χ1v) is 5.89. The van der Waals surface area contributed by atoms with Crippen LogP contribution in [0.15, 0.2) is 18.2 Å². The summed E-state index contributed by atoms with van der Waals surface area (Å²) < 4.78 is 10.4. The molecule has 0 saturated heterocycles. The van der Waals surface area contributed by atoms with Crippen LogP contribution < -0.4 is 14.8 Å². The van der Waals surface area contributed by atoms with E-state index in [-0.39, 0.29) is 0 Å². The van der Waals surface area contributed by atoms with Gasteiger partial charge in [-0.05, 0) is 24.6 Å². The predicted octanol–water partition coefficient (Wildman–Crippen LogP) is 1.75. The van der Waals surface area contributed by atoms with Gasteiger partial charge >= 0.3 is 0 Å². The fourth-order valence-electron chi connectivity index (χ4n) is 1.79. The van der Waals surface area contributed by atoms with Crippen LogP contribution in [-0.4, -0.2) is 26.3 Å². The Labute approximate surface area is 114 Å². The van der Waals surface area contributed by atoms with E-state index in [0.717, 1.165) is 5.56 Å². The van der Waals surface area contributed by atoms with Gasteiger partial charge in [-0.3, -0.25) is 5.32 Å². The second kappa shape index (κ2) is 6.68. The van der Waals surface area contributed by atoms with Crippen LogP contribution in [0.4, 0.5) is 0 Å². The van der Waals surface area contributed by atoms with Crippen molar-refractivity contribution in [1.29, 1.82) is 5.26 Å². The van der Waals surface area contributed by atoms with E-state index in [1.807, 2.05) is 25.1 Å². The molecule has 0 bridgehead atoms. The molecule has 0 aliphatic heterocycles. The van der Waals surface area contributed by atoms with E-state index >= 15 is 0 Å². The molecule has 4 heteroatoms. The van der Waals surface area contributed by atoms with Crippen molar-refractivity contribution in [1.82, 2.24) is 5.32 Å². The van der Waals surface area contributed by atoms with Crippen LogP contribution in [0.1, 0.15) is 12.5 Å². The molecule has 1 N–H and O–H groups in total. The summed E-state index contributed by atoms with van der Waals surface area (Å²) >= 11 is 0. The highest BCUT2D eigenvalue weighted by Gasteiger charge is 2.23. The summed E-state index contributed by atoms with van der Waals surface area (Å²) in [6, 6.07) is 7.85. The number of rotatable bonds is 6. The van der Waals surface area contributed by atoms with Crippen LogP contribution in [0.2, 0.25) is 0 Å². The van der Waals surface area contributed by atoms with Crippen molar-refractivity contribution in [3.8, 4) is 29.9 Å². The lowest BCUT2D eigenvalue weighted by Crippen LogP contribution is -2.43. The number of nitrogens with one attached hydrogen (secondary N) is 1. The monoisotopic (exact) mass is 258 g/mol. The SMILES string of the molecule is C#CCNC(C)(C#N)Cc1ccc(OC)c(OC)c1. The lowest BCUT2D eigenvalue weighted by Gasteiger charge is -2.22. The van der Waals surface area contributed by atoms with Gasteiger partial charge in [0.2, 0.25) is 0 Å². The van der Waals surface area contributed by atoms with Crippen molar-refractivity contribution in [3.05, 3.63) is 23.8 Å². The van der Waals surface area contributed by atoms with Gasteiger partial charge in [0, 0.05) is 6.42 Å². The highest BCUT2D eigenvalue weighted by atomic mass is 16.5. The van der Waals surface area contributed by atoms with Crippen LogP contribution in [0, 0.1) is 23.7 Å². The molecule has 0 saturated carbocycles. The molecule has 0 aromatic heterocycles. The fraction of sp³-hybridized carbons (Fsp3) is 0.400. The minimum absolute atomic E-state index is 0.358. The molecule has 1 rings (SSSR count). The largest absolute Gasteiger partial charge is 0.493 e. The normalized spacial score (nSPS) is 12.9. The third kappa shape index (κ3) is 3.91. The highest BCUT2D eigenvalue weighted by Crippen LogP contribution is 2.28. The number of methoxy groups -OCH3 is 2. The Kier molecular flexibility index (Phi) is 5.23. The summed E-state index contributed by atoms with van der Waals surface area (Å²) in [5, 5.41) is 12.3. The molecule has 1 unspecified atom stereocenters. The summed E-state index contributed by atoms with van der Waals surface area (Å²) in [7, 11) is 3.17. The smallest absolute Gasteiger partial charge is 0.160 e. The van der Waals surface area contributed by atoms with E-state index in [9.17, 15) is 5.26 Å². The number of benzene rings is 1. The summed E-state index contributed by atoms with van der Waals surface area (Å²) in [4.78, 5) is 0. The molecule has 19 heavy (non-hydrogen) atoms. The number of hydrogen-bond donors (Lipinski definition) is 1. The van der Waals surface area contributed by atoms with Crippen molar-refractivity contribution < 1.29 is 9.47 Å². The topological polar surface area (TPSA) is 54.3 Å². The minimum Gasteiger partial charge on any atom is -0.493 e. The zero-order valence-corrected chi connectivity index (χ0v) is 11.5. The predicted molar refractivity (Wildman–Crippen MR) is 74.1 cm³/mol. The van der Waals surface area contributed by atoms with Crippen molar-refractivity contribution in [2.75, 3.05) is 20.8 Å². The Morgan fingerprint density at radius 2 is 2.00 bits per heavy atom. The zero-order valence-electron chi connectivity index (χ0n) is 11.5. The Balaban J connectivity index is 2.93. The molecular weight excluding hydrogens is 240 g/mol. The first-order chi connectivity index (χ1) is 9.08. The zero-order chi connectivity index (χ0) is 14.3. The van der Waals surface area contributed by atoms with Crippen molar-refractivity contribution in [2.45, 2.75) is 18.9 Å². The van der Waals surface area contributed by atoms with Gasteiger partial charge in [-0.2, -0.15) is 5.26 Å². The van der Waals surface area contributed by atoms with Crippen LogP contribution in [-0.2, 0) is 6.42 Å². The Morgan fingerprint density at radius 3 is 2.53 bits per heavy atom. The second-order valence-corrected chi connectivity index (χ2v) is 4.37. The summed E-state index contributed by atoms with van der Waals surface area (Å²) in [6.45, 7) is 2.18. The summed E-state index contributed by atoms with van der Waals surface area (Å²) in [6.07, 6.45) is 5.74. The average molecular weight is 258 g/mol. The highest BCUT2D eigenvalue weighted by molar-refractivity contribution is 5.43. The molecule has 0 heterocycles. The van der Waals surface area contributed by atoms with E-state index in [1.54, 1.807) is 14.2 Å². The molecule has 4 nitrogen and oxygen atoms in total. The van der Waals surface area contributed by atoms with Crippen molar-refractivity contribution in [2.24, 2.45) is 0 Å². The Bertz CT molecular complexity index is 514. The van der Waals surface area contributed by atoms with E-state index in [2.05, 4.69) is 17.3 Å². The average Bonchev–Trinajstić information content (AvgIpc) is 2.45. The number of nitriles is 1. The molecule has 0 radical (unpaired) electrons. The second-order valence-electron chi connectivity index (χ2n) is 4.37. The van der Waals surface area contributed by atoms with E-state index in [0.29, 0.717) is 24.5 Å². The standard InChI is InChI=1S/C15H18N2O2/c1-5-8-17-15(2,11-16)10-12-6-7-13(18-3)14(9-12)19-4/h1,6-7,9,17H,8,10H2,2-4H3. The van der Waals surface area contributed by atoms with E-state index in [1.165, 1.54) is 0 Å². The maximum absolute atomic E-state index is 9.26. The molecule has 0 aliphatic rings. The molecule has 1 aromatic rings. The molecule has 1 aromatic carbocycles. The van der Waals surface area contributed by atoms with Crippen LogP contribution in [0.5, 0.6) is 11.5 Å². The molecule has 100 valence electrons. The van der Waals surface area contributed by atoms with Crippen LogP contribution >= 0.6 is 0 Å². The van der Waals surface area contributed by atoms with E-state index < -0.39 is 5.54 Å². The van der Waals surface area contributed by atoms with Gasteiger partial charge in [-0.1, -0.05) is 12.0 Å². The summed E-state index contributed by atoms with van der Waals surface area (Å²) in [5.74, 6) is 3.80. The maximum Gasteiger partial charge on any atom is 0.160 e. The molecule has 0 fully saturated rings. The lowest BCUT2D eigenvalue weighted by atomic mass is 9.94. The fourth-order valence-corrected chi connectivity index (χ4v) is 1.79. The van der Waals surface area contributed by atoms with Crippen molar-refractivity contribution >= 4 is 0 Å². The first-order valence-electron chi connectivity index (χ1n) is 5.89. The molecule has 0 amide bonds. The quantitative estimate of drug-likeness (QED) is 0.790. The van der Waals surface area contributed by atoms with Gasteiger partial charge in [-0.25, -0.2) is 0 Å². The van der Waals surface area contributed by atoms with Gasteiger partial charge in [0.25, 0.3) is 0 Å². The number of terminal acetylenes is 1. The Hall–Kier alpha value is -2.17. The van der Waals surface area contributed by atoms with E-state index in [4.69, 9.17) is 15.9 Å². The Morgan fingerprint density at radius 1 is 1.32 bits per heavy atom. The van der Waals surface area contributed by atoms with Crippen molar-refractivity contribution in [3.63, 3.8) is 0 Å². The molecule has 1 atom stereocenters. The van der Waals surface area contributed by atoms with Gasteiger partial charge < -0.3 is 9.47 Å². The van der Waals surface area contributed by atoms with Gasteiger partial charge in [0.05, 0.1) is 26.8 Å². The molecule has 0 spiro atoms. The summed E-state index contributed by atoms with van der Waals surface area (Å²) in [5.41, 5.74) is 0.276. The van der Waals surface area contributed by atoms with Gasteiger partial charge in [-0.15, -0.1) is 6.42 Å². The lowest BCUT2D eigenvalue weighted by molar-refractivity contribution is 0.354. The van der Waals surface area contributed by atoms with Crippen LogP contribution in [0.25, 0.3) is 0 Å². The third-order valence-electron chi connectivity index (χ3n) is 2.83. The third-order valence-corrected chi connectivity index (χ3v) is 2.83. The minimum atomic E-state index is -0.702. The maximum atomic E-state index is 9.26. The number of ether oxygens (including phenoxy) is 2. The number of hydrogen-bond acceptors (Lipinski definition) is 4. The van der Waals surface area contributed by atoms with Gasteiger partial charge in [0.15, 0.2) is 11.5 Å². The van der Waals surface area contributed by atoms with Crippen LogP contribution in [0.3, 0.4) is 0 Å². The van der Waals surface area contributed by atoms with Gasteiger partial charge in [0.1, 0.15) is 5.54 Å². The number of nitrogens with zero attached hydrogens (tertiary/aromatic N) is 1. The molecule has 0 aliphatic carbocycles. The first kappa shape index (κ1) is 14.9. The molecular formula is C15H18N2O2.